The van der Waals surface area contributed by atoms with Crippen molar-refractivity contribution in [2.24, 2.45) is 0 Å². The van der Waals surface area contributed by atoms with Gasteiger partial charge in [0.15, 0.2) is 0 Å². The first-order valence-corrected chi connectivity index (χ1v) is 11.3. The Labute approximate surface area is 150 Å². The Bertz CT molecular complexity index is 689. The number of carbonyl (C=O) groups excluding carboxylic acids is 1. The van der Waals surface area contributed by atoms with Crippen LogP contribution in [0.15, 0.2) is 48.5 Å². The Hall–Kier alpha value is -1.40. The van der Waals surface area contributed by atoms with Crippen LogP contribution in [0, 0.1) is 0 Å². The molecule has 0 bridgehead atoms. The number of halogens is 1. The summed E-state index contributed by atoms with van der Waals surface area (Å²) < 4.78 is 10.7. The maximum atomic E-state index is 11.8. The summed E-state index contributed by atoms with van der Waals surface area (Å²) in [5, 5.41) is 1.07. The first kappa shape index (κ1) is 18.0. The first-order chi connectivity index (χ1) is 11.1. The number of hydrogen-bond donors (Lipinski definition) is 1. The van der Waals surface area contributed by atoms with Gasteiger partial charge in [0.1, 0.15) is 0 Å². The van der Waals surface area contributed by atoms with Gasteiger partial charge >= 0.3 is 127 Å². The normalized spacial score (nSPS) is 10.8. The van der Waals surface area contributed by atoms with E-state index in [0.717, 1.165) is 5.75 Å². The number of carbonyl (C=O) groups is 1. The summed E-state index contributed by atoms with van der Waals surface area (Å²) in [7, 11) is 0. The summed E-state index contributed by atoms with van der Waals surface area (Å²) in [5.74, 6) is 0.395. The van der Waals surface area contributed by atoms with Crippen LogP contribution in [0.1, 0.15) is 10.4 Å². The fraction of sp³-hybridized carbons (Fsp3) is 0.188. The van der Waals surface area contributed by atoms with E-state index in [9.17, 15) is 4.79 Å². The molecule has 1 unspecified atom stereocenters. The van der Waals surface area contributed by atoms with E-state index in [-0.39, 0.29) is 17.6 Å². The molecule has 0 aliphatic carbocycles. The van der Waals surface area contributed by atoms with Gasteiger partial charge in [-0.3, -0.25) is 0 Å². The van der Waals surface area contributed by atoms with Crippen LogP contribution in [-0.4, -0.2) is 25.8 Å². The second-order valence-corrected chi connectivity index (χ2v) is 9.44. The SMILES string of the molecule is CB=[P+](I)c1ccc(OCCOC(=O)c2ccc(N)cc2)cc1. The predicted molar refractivity (Wildman–Crippen MR) is 105 cm³/mol. The summed E-state index contributed by atoms with van der Waals surface area (Å²) in [6.45, 7) is 4.78. The number of rotatable bonds is 6. The number of nitrogens with two attached hydrogens (primary N) is 1. The van der Waals surface area contributed by atoms with Crippen molar-refractivity contribution in [1.29, 1.82) is 0 Å². The van der Waals surface area contributed by atoms with Crippen LogP contribution in [0.25, 0.3) is 0 Å². The Balaban J connectivity index is 1.77. The minimum absolute atomic E-state index is 0.201. The minimum atomic E-state index is -0.377. The molecular weight excluding hydrogens is 423 g/mol. The molecule has 0 radical (unpaired) electrons. The quantitative estimate of drug-likeness (QED) is 0.186. The van der Waals surface area contributed by atoms with Crippen LogP contribution in [0.4, 0.5) is 5.69 Å². The number of anilines is 1. The molecule has 2 aromatic carbocycles. The summed E-state index contributed by atoms with van der Waals surface area (Å²) in [6, 6.07) is 14.6. The monoisotopic (exact) mass is 440 g/mol. The number of ether oxygens (including phenoxy) is 2. The molecule has 0 aliphatic rings. The van der Waals surface area contributed by atoms with Gasteiger partial charge in [-0.1, -0.05) is 0 Å². The average Bonchev–Trinajstić information content (AvgIpc) is 2.59. The molecule has 0 aliphatic heterocycles. The molecule has 0 saturated heterocycles. The molecular formula is C16H17BINO3P+. The van der Waals surface area contributed by atoms with Crippen molar-refractivity contribution in [3.05, 3.63) is 54.1 Å². The van der Waals surface area contributed by atoms with Gasteiger partial charge in [-0.25, -0.2) is 0 Å². The van der Waals surface area contributed by atoms with E-state index < -0.39 is 0 Å². The van der Waals surface area contributed by atoms with E-state index in [1.54, 1.807) is 24.3 Å². The van der Waals surface area contributed by atoms with E-state index in [1.807, 2.05) is 12.1 Å². The molecule has 2 rings (SSSR count). The third kappa shape index (κ3) is 5.63. The molecule has 1 atom stereocenters. The van der Waals surface area contributed by atoms with Gasteiger partial charge in [-0.15, -0.1) is 0 Å². The molecule has 23 heavy (non-hydrogen) atoms. The molecule has 0 aromatic heterocycles. The topological polar surface area (TPSA) is 61.5 Å². The number of hydrogen-bond acceptors (Lipinski definition) is 4. The molecule has 7 heteroatoms. The molecule has 4 nitrogen and oxygen atoms in total. The van der Waals surface area contributed by atoms with Crippen LogP contribution in [0.3, 0.4) is 0 Å². The van der Waals surface area contributed by atoms with Crippen LogP contribution in [-0.2, 0) is 4.74 Å². The average molecular weight is 440 g/mol. The van der Waals surface area contributed by atoms with Gasteiger partial charge in [-0.05, 0) is 12.1 Å². The van der Waals surface area contributed by atoms with E-state index in [1.165, 1.54) is 5.30 Å². The first-order valence-electron chi connectivity index (χ1n) is 7.10. The summed E-state index contributed by atoms with van der Waals surface area (Å²) in [5.41, 5.74) is 6.67. The Morgan fingerprint density at radius 3 is 2.39 bits per heavy atom. The van der Waals surface area contributed by atoms with Gasteiger partial charge in [0, 0.05) is 5.69 Å². The Morgan fingerprint density at radius 2 is 1.78 bits per heavy atom. The predicted octanol–water partition coefficient (Wildman–Crippen LogP) is 3.63. The van der Waals surface area contributed by atoms with Gasteiger partial charge in [0.25, 0.3) is 0 Å². The fourth-order valence-corrected chi connectivity index (χ4v) is 3.53. The van der Waals surface area contributed by atoms with Crippen molar-refractivity contribution in [1.82, 2.24) is 0 Å². The molecule has 0 heterocycles. The summed E-state index contributed by atoms with van der Waals surface area (Å²) >= 11 is 2.44. The molecule has 2 N–H and O–H groups in total. The van der Waals surface area contributed by atoms with Gasteiger partial charge in [0.2, 0.25) is 0 Å². The summed E-state index contributed by atoms with van der Waals surface area (Å²) in [6.07, 6.45) is 0. The standard InChI is InChI=1S/C16H16BINO3P/c1-17-23(18)15-8-6-14(7-9-15)21-10-11-22-16(20)12-2-4-13(19)5-3-12/h2-9H,10-11H2,1H3,(H-,19,20)/p+1. The summed E-state index contributed by atoms with van der Waals surface area (Å²) in [4.78, 5) is 11.8. The van der Waals surface area contributed by atoms with Crippen molar-refractivity contribution >= 4 is 50.7 Å². The van der Waals surface area contributed by atoms with Crippen molar-refractivity contribution in [3.63, 3.8) is 0 Å². The van der Waals surface area contributed by atoms with Crippen molar-refractivity contribution < 1.29 is 14.3 Å². The van der Waals surface area contributed by atoms with E-state index >= 15 is 0 Å². The molecule has 118 valence electrons. The molecule has 0 amide bonds. The number of nitrogen functional groups attached to an aromatic ring is 1. The van der Waals surface area contributed by atoms with Gasteiger partial charge in [-0.2, -0.15) is 0 Å². The third-order valence-electron chi connectivity index (χ3n) is 3.04. The van der Waals surface area contributed by atoms with Gasteiger partial charge in [0.05, 0.1) is 0 Å². The van der Waals surface area contributed by atoms with E-state index in [4.69, 9.17) is 15.2 Å². The zero-order valence-electron chi connectivity index (χ0n) is 12.7. The van der Waals surface area contributed by atoms with E-state index in [2.05, 4.69) is 47.6 Å². The van der Waals surface area contributed by atoms with E-state index in [0.29, 0.717) is 17.9 Å². The van der Waals surface area contributed by atoms with Crippen LogP contribution < -0.4 is 15.8 Å². The fourth-order valence-electron chi connectivity index (χ4n) is 1.83. The molecule has 0 spiro atoms. The second kappa shape index (κ2) is 9.04. The Morgan fingerprint density at radius 1 is 1.13 bits per heavy atom. The van der Waals surface area contributed by atoms with Crippen LogP contribution in [0.5, 0.6) is 5.75 Å². The van der Waals surface area contributed by atoms with Crippen molar-refractivity contribution in [2.75, 3.05) is 18.9 Å². The van der Waals surface area contributed by atoms with Gasteiger partial charge < -0.3 is 5.73 Å². The Kier molecular flexibility index (Phi) is 7.05. The van der Waals surface area contributed by atoms with Crippen molar-refractivity contribution in [3.8, 4) is 5.75 Å². The van der Waals surface area contributed by atoms with Crippen LogP contribution in [0.2, 0.25) is 6.82 Å². The molecule has 0 fully saturated rings. The van der Waals surface area contributed by atoms with Crippen LogP contribution >= 0.6 is 27.1 Å². The maximum absolute atomic E-state index is 11.8. The zero-order valence-corrected chi connectivity index (χ0v) is 15.8. The zero-order chi connectivity index (χ0) is 16.7. The number of esters is 1. The van der Waals surface area contributed by atoms with Crippen molar-refractivity contribution in [2.45, 2.75) is 6.82 Å². The second-order valence-electron chi connectivity index (χ2n) is 4.67. The molecule has 2 aromatic rings. The third-order valence-corrected chi connectivity index (χ3v) is 7.63. The number of benzene rings is 2. The molecule has 0 saturated carbocycles.